The molecule has 0 atom stereocenters. The molecule has 0 aromatic heterocycles. The second-order valence-corrected chi connectivity index (χ2v) is 6.96. The quantitative estimate of drug-likeness (QED) is 0.755. The van der Waals surface area contributed by atoms with E-state index in [0.29, 0.717) is 5.69 Å². The van der Waals surface area contributed by atoms with Crippen LogP contribution >= 0.6 is 0 Å². The van der Waals surface area contributed by atoms with E-state index in [-0.39, 0.29) is 10.8 Å². The van der Waals surface area contributed by atoms with Crippen molar-refractivity contribution in [1.29, 1.82) is 0 Å². The molecule has 0 aliphatic rings. The number of rotatable bonds is 6. The maximum atomic E-state index is 11.9. The number of carbonyl (C=O) groups excluding carboxylic acids is 2. The summed E-state index contributed by atoms with van der Waals surface area (Å²) < 4.78 is 30.6. The first-order chi connectivity index (χ1) is 12.3. The van der Waals surface area contributed by atoms with Gasteiger partial charge in [-0.3, -0.25) is 9.59 Å². The van der Waals surface area contributed by atoms with Gasteiger partial charge in [-0.15, -0.1) is 0 Å². The van der Waals surface area contributed by atoms with Crippen LogP contribution in [0.2, 0.25) is 0 Å². The van der Waals surface area contributed by atoms with Crippen LogP contribution in [0.5, 0.6) is 5.75 Å². The van der Waals surface area contributed by atoms with Crippen LogP contribution in [0.15, 0.2) is 59.5 Å². The highest BCUT2D eigenvalue weighted by atomic mass is 32.2. The van der Waals surface area contributed by atoms with Crippen molar-refractivity contribution in [1.82, 2.24) is 4.72 Å². The lowest BCUT2D eigenvalue weighted by Gasteiger charge is -2.06. The van der Waals surface area contributed by atoms with Gasteiger partial charge in [0, 0.05) is 18.7 Å². The number of amides is 2. The zero-order chi connectivity index (χ0) is 19.2. The van der Waals surface area contributed by atoms with Gasteiger partial charge in [0.1, 0.15) is 5.75 Å². The van der Waals surface area contributed by atoms with E-state index >= 15 is 0 Å². The molecule has 0 fully saturated rings. The third-order valence-electron chi connectivity index (χ3n) is 3.25. The van der Waals surface area contributed by atoms with E-state index in [2.05, 4.69) is 5.32 Å². The van der Waals surface area contributed by atoms with Crippen LogP contribution in [0.4, 0.5) is 5.69 Å². The van der Waals surface area contributed by atoms with Gasteiger partial charge in [-0.25, -0.2) is 13.1 Å². The minimum atomic E-state index is -3.89. The molecule has 0 bridgehead atoms. The van der Waals surface area contributed by atoms with Crippen molar-refractivity contribution >= 4 is 33.6 Å². The zero-order valence-corrected chi connectivity index (χ0v) is 15.0. The van der Waals surface area contributed by atoms with Crippen molar-refractivity contribution in [3.05, 3.63) is 60.2 Å². The highest BCUT2D eigenvalue weighted by Gasteiger charge is 2.15. The smallest absolute Gasteiger partial charge is 0.264 e. The Morgan fingerprint density at radius 3 is 2.15 bits per heavy atom. The van der Waals surface area contributed by atoms with Gasteiger partial charge in [0.15, 0.2) is 0 Å². The summed E-state index contributed by atoms with van der Waals surface area (Å²) in [4.78, 5) is 22.8. The summed E-state index contributed by atoms with van der Waals surface area (Å²) in [5.41, 5.74) is 1.26. The molecule has 0 spiro atoms. The summed E-state index contributed by atoms with van der Waals surface area (Å²) in [7, 11) is -2.32. The molecule has 7 nitrogen and oxygen atoms in total. The number of anilines is 1. The Balaban J connectivity index is 2.00. The maximum Gasteiger partial charge on any atom is 0.264 e. The second kappa shape index (κ2) is 8.30. The zero-order valence-electron chi connectivity index (χ0n) is 14.2. The second-order valence-electron chi connectivity index (χ2n) is 5.28. The SMILES string of the molecule is COc1ccc(C=CC(=O)Nc2ccc(S(=O)(=O)NC(C)=O)cc2)cc1. The molecule has 0 unspecified atom stereocenters. The van der Waals surface area contributed by atoms with Gasteiger partial charge in [0.05, 0.1) is 12.0 Å². The molecule has 0 aliphatic heterocycles. The third kappa shape index (κ3) is 5.45. The first kappa shape index (κ1) is 19.2. The Morgan fingerprint density at radius 2 is 1.62 bits per heavy atom. The van der Waals surface area contributed by atoms with Crippen LogP contribution < -0.4 is 14.8 Å². The maximum absolute atomic E-state index is 11.9. The van der Waals surface area contributed by atoms with Crippen molar-refractivity contribution in [2.45, 2.75) is 11.8 Å². The van der Waals surface area contributed by atoms with Crippen LogP contribution in [0.3, 0.4) is 0 Å². The van der Waals surface area contributed by atoms with Crippen LogP contribution in [0.1, 0.15) is 12.5 Å². The van der Waals surface area contributed by atoms with Crippen molar-refractivity contribution in [2.24, 2.45) is 0 Å². The number of nitrogens with one attached hydrogen (secondary N) is 2. The molecular formula is C18H18N2O5S. The van der Waals surface area contributed by atoms with E-state index in [1.807, 2.05) is 16.9 Å². The molecule has 2 rings (SSSR count). The third-order valence-corrected chi connectivity index (χ3v) is 4.70. The summed E-state index contributed by atoms with van der Waals surface area (Å²) in [5, 5.41) is 2.62. The van der Waals surface area contributed by atoms with E-state index in [1.54, 1.807) is 25.3 Å². The molecule has 2 N–H and O–H groups in total. The summed E-state index contributed by atoms with van der Waals surface area (Å²) in [6.07, 6.45) is 3.01. The lowest BCUT2D eigenvalue weighted by Crippen LogP contribution is -2.28. The number of carbonyl (C=O) groups is 2. The fourth-order valence-electron chi connectivity index (χ4n) is 2.04. The molecular weight excluding hydrogens is 356 g/mol. The molecule has 136 valence electrons. The number of hydrogen-bond donors (Lipinski definition) is 2. The largest absolute Gasteiger partial charge is 0.497 e. The van der Waals surface area contributed by atoms with E-state index in [9.17, 15) is 18.0 Å². The number of methoxy groups -OCH3 is 1. The average Bonchev–Trinajstić information content (AvgIpc) is 2.60. The summed E-state index contributed by atoms with van der Waals surface area (Å²) in [5.74, 6) is -0.315. The minimum Gasteiger partial charge on any atom is -0.497 e. The molecule has 2 amide bonds. The summed E-state index contributed by atoms with van der Waals surface area (Å²) >= 11 is 0. The fraction of sp³-hybridized carbons (Fsp3) is 0.111. The number of hydrogen-bond acceptors (Lipinski definition) is 5. The number of benzene rings is 2. The van der Waals surface area contributed by atoms with Crippen molar-refractivity contribution < 1.29 is 22.7 Å². The van der Waals surface area contributed by atoms with E-state index in [4.69, 9.17) is 4.74 Å². The lowest BCUT2D eigenvalue weighted by atomic mass is 10.2. The van der Waals surface area contributed by atoms with Gasteiger partial charge < -0.3 is 10.1 Å². The molecule has 0 heterocycles. The van der Waals surface area contributed by atoms with Crippen LogP contribution in [-0.2, 0) is 19.6 Å². The summed E-state index contributed by atoms with van der Waals surface area (Å²) in [6.45, 7) is 1.11. The summed E-state index contributed by atoms with van der Waals surface area (Å²) in [6, 6.07) is 12.7. The van der Waals surface area contributed by atoms with Gasteiger partial charge in [0.25, 0.3) is 10.0 Å². The Hall–Kier alpha value is -3.13. The van der Waals surface area contributed by atoms with Gasteiger partial charge >= 0.3 is 0 Å². The van der Waals surface area contributed by atoms with Crippen molar-refractivity contribution in [3.8, 4) is 5.75 Å². The lowest BCUT2D eigenvalue weighted by molar-refractivity contribution is -0.117. The van der Waals surface area contributed by atoms with Crippen LogP contribution in [0.25, 0.3) is 6.08 Å². The predicted octanol–water partition coefficient (Wildman–Crippen LogP) is 2.17. The van der Waals surface area contributed by atoms with E-state index in [0.717, 1.165) is 18.2 Å². The van der Waals surface area contributed by atoms with Gasteiger partial charge in [0.2, 0.25) is 11.8 Å². The fourth-order valence-corrected chi connectivity index (χ4v) is 3.03. The Labute approximate surface area is 151 Å². The molecule has 0 saturated heterocycles. The molecule has 2 aromatic rings. The predicted molar refractivity (Wildman–Crippen MR) is 98.1 cm³/mol. The molecule has 0 aliphatic carbocycles. The van der Waals surface area contributed by atoms with Crippen LogP contribution in [-0.4, -0.2) is 27.3 Å². The number of sulfonamides is 1. The molecule has 8 heteroatoms. The van der Waals surface area contributed by atoms with Crippen molar-refractivity contribution in [2.75, 3.05) is 12.4 Å². The molecule has 2 aromatic carbocycles. The van der Waals surface area contributed by atoms with E-state index < -0.39 is 15.9 Å². The first-order valence-electron chi connectivity index (χ1n) is 7.57. The highest BCUT2D eigenvalue weighted by molar-refractivity contribution is 7.90. The van der Waals surface area contributed by atoms with Crippen LogP contribution in [0, 0.1) is 0 Å². The van der Waals surface area contributed by atoms with Gasteiger partial charge in [-0.05, 0) is 48.0 Å². The average molecular weight is 374 g/mol. The van der Waals surface area contributed by atoms with E-state index in [1.165, 1.54) is 30.3 Å². The monoisotopic (exact) mass is 374 g/mol. The van der Waals surface area contributed by atoms with Gasteiger partial charge in [-0.2, -0.15) is 0 Å². The highest BCUT2D eigenvalue weighted by Crippen LogP contribution is 2.15. The molecule has 26 heavy (non-hydrogen) atoms. The molecule has 0 saturated carbocycles. The van der Waals surface area contributed by atoms with Crippen molar-refractivity contribution in [3.63, 3.8) is 0 Å². The molecule has 0 radical (unpaired) electrons. The Morgan fingerprint density at radius 1 is 1.00 bits per heavy atom. The Bertz CT molecular complexity index is 917. The number of ether oxygens (including phenoxy) is 1. The Kier molecular flexibility index (Phi) is 6.13. The standard InChI is InChI=1S/C18H18N2O5S/c1-13(21)20-26(23,24)17-10-6-15(7-11-17)19-18(22)12-5-14-3-8-16(25-2)9-4-14/h3-12H,1-2H3,(H,19,22)(H,20,21). The minimum absolute atomic E-state index is 0.0699. The van der Waals surface area contributed by atoms with Gasteiger partial charge in [-0.1, -0.05) is 12.1 Å². The first-order valence-corrected chi connectivity index (χ1v) is 9.05. The normalized spacial score (nSPS) is 11.2. The topological polar surface area (TPSA) is 102 Å².